The van der Waals surface area contributed by atoms with Crippen molar-refractivity contribution in [3.8, 4) is 0 Å². The molecule has 2 fully saturated rings. The van der Waals surface area contributed by atoms with Crippen molar-refractivity contribution in [2.45, 2.75) is 25.4 Å². The van der Waals surface area contributed by atoms with E-state index < -0.39 is 12.2 Å². The maximum atomic E-state index is 13.4. The number of imide groups is 1. The van der Waals surface area contributed by atoms with Crippen molar-refractivity contribution in [3.05, 3.63) is 78.4 Å². The molecular weight excluding hydrogens is 390 g/mol. The van der Waals surface area contributed by atoms with Gasteiger partial charge < -0.3 is 10.6 Å². The summed E-state index contributed by atoms with van der Waals surface area (Å²) in [5, 5.41) is 5.68. The minimum absolute atomic E-state index is 0.118. The molecule has 1 saturated carbocycles. The lowest BCUT2D eigenvalue weighted by molar-refractivity contribution is -0.143. The van der Waals surface area contributed by atoms with Crippen molar-refractivity contribution in [2.24, 2.45) is 23.7 Å². The van der Waals surface area contributed by atoms with Crippen LogP contribution in [0.3, 0.4) is 0 Å². The number of nitrogens with zero attached hydrogens (tertiary/aromatic N) is 1. The van der Waals surface area contributed by atoms with E-state index in [0.29, 0.717) is 12.1 Å². The Hall–Kier alpha value is -3.41. The molecule has 0 aromatic heterocycles. The van der Waals surface area contributed by atoms with Gasteiger partial charge in [-0.05, 0) is 42.4 Å². The number of hydrogen-bond acceptors (Lipinski definition) is 3. The number of anilines is 1. The summed E-state index contributed by atoms with van der Waals surface area (Å²) in [6.45, 7) is 0. The van der Waals surface area contributed by atoms with E-state index in [0.717, 1.165) is 18.4 Å². The normalized spacial score (nSPS) is 27.2. The highest BCUT2D eigenvalue weighted by Crippen LogP contribution is 2.49. The van der Waals surface area contributed by atoms with Gasteiger partial charge in [0.05, 0.1) is 11.8 Å². The molecule has 6 rings (SSSR count). The Morgan fingerprint density at radius 3 is 1.97 bits per heavy atom. The van der Waals surface area contributed by atoms with Gasteiger partial charge in [-0.25, -0.2) is 4.79 Å². The zero-order valence-electron chi connectivity index (χ0n) is 17.1. The first kappa shape index (κ1) is 19.5. The fraction of sp³-hybridized carbons (Fsp3) is 0.320. The summed E-state index contributed by atoms with van der Waals surface area (Å²) in [6, 6.07) is 18.3. The van der Waals surface area contributed by atoms with Crippen LogP contribution >= 0.6 is 0 Å². The van der Waals surface area contributed by atoms with E-state index in [9.17, 15) is 14.4 Å². The maximum absolute atomic E-state index is 13.4. The molecule has 5 atom stereocenters. The highest BCUT2D eigenvalue weighted by Gasteiger charge is 2.58. The number of fused-ring (bicyclic) bond motifs is 1. The third-order valence-electron chi connectivity index (χ3n) is 6.71. The molecule has 158 valence electrons. The van der Waals surface area contributed by atoms with Gasteiger partial charge in [0, 0.05) is 12.1 Å². The van der Waals surface area contributed by atoms with Crippen molar-refractivity contribution < 1.29 is 14.4 Å². The minimum Gasteiger partial charge on any atom is -0.317 e. The van der Waals surface area contributed by atoms with Crippen LogP contribution in [0.25, 0.3) is 0 Å². The van der Waals surface area contributed by atoms with Gasteiger partial charge in [0.2, 0.25) is 11.8 Å². The average Bonchev–Trinajstić information content (AvgIpc) is 3.08. The Morgan fingerprint density at radius 2 is 1.42 bits per heavy atom. The Kier molecular flexibility index (Phi) is 5.06. The van der Waals surface area contributed by atoms with E-state index in [1.54, 1.807) is 12.1 Å². The standard InChI is InChI=1S/C25H25N3O3/c29-23-21-17-11-12-18(14-13-17)22(21)24(30)28(23)20(15-16-7-3-1-4-8-16)27-25(31)26-19-9-5-2-6-10-19/h1-12,17-18,20-22H,13-15H2,(H2,26,27,31)/t17-,18-,20+,21-,22+/m0/s1. The Balaban J connectivity index is 1.41. The van der Waals surface area contributed by atoms with E-state index in [4.69, 9.17) is 0 Å². The number of carbonyl (C=O) groups is 3. The number of nitrogens with one attached hydrogen (secondary N) is 2. The lowest BCUT2D eigenvalue weighted by Crippen LogP contribution is -2.53. The smallest absolute Gasteiger partial charge is 0.317 e. The largest absolute Gasteiger partial charge is 0.320 e. The molecule has 2 aromatic rings. The number of para-hydroxylation sites is 1. The molecule has 2 N–H and O–H groups in total. The molecule has 1 saturated heterocycles. The predicted octanol–water partition coefficient (Wildman–Crippen LogP) is 3.57. The first-order chi connectivity index (χ1) is 15.1. The molecule has 6 heteroatoms. The van der Waals surface area contributed by atoms with Crippen molar-refractivity contribution in [3.63, 3.8) is 0 Å². The number of hydrogen-bond donors (Lipinski definition) is 2. The highest BCUT2D eigenvalue weighted by atomic mass is 16.2. The number of allylic oxidation sites excluding steroid dienone is 2. The van der Waals surface area contributed by atoms with E-state index in [1.807, 2.05) is 48.5 Å². The fourth-order valence-electron chi connectivity index (χ4n) is 5.29. The highest BCUT2D eigenvalue weighted by molar-refractivity contribution is 6.06. The van der Waals surface area contributed by atoms with Gasteiger partial charge in [0.25, 0.3) is 0 Å². The molecule has 4 aliphatic rings. The van der Waals surface area contributed by atoms with Crippen LogP contribution in [0.15, 0.2) is 72.8 Å². The van der Waals surface area contributed by atoms with Gasteiger partial charge in [0.1, 0.15) is 6.17 Å². The molecule has 0 spiro atoms. The Bertz CT molecular complexity index is 989. The number of rotatable bonds is 5. The van der Waals surface area contributed by atoms with Gasteiger partial charge in [-0.3, -0.25) is 14.5 Å². The topological polar surface area (TPSA) is 78.5 Å². The van der Waals surface area contributed by atoms with Crippen LogP contribution in [-0.2, 0) is 16.0 Å². The second-order valence-corrected chi connectivity index (χ2v) is 8.56. The molecule has 31 heavy (non-hydrogen) atoms. The predicted molar refractivity (Wildman–Crippen MR) is 117 cm³/mol. The molecule has 4 amide bonds. The summed E-state index contributed by atoms with van der Waals surface area (Å²) in [5.41, 5.74) is 1.59. The summed E-state index contributed by atoms with van der Waals surface area (Å²) in [6.07, 6.45) is 5.72. The van der Waals surface area contributed by atoms with E-state index in [1.165, 1.54) is 4.90 Å². The van der Waals surface area contributed by atoms with Gasteiger partial charge in [-0.2, -0.15) is 0 Å². The molecular formula is C25H25N3O3. The van der Waals surface area contributed by atoms with Crippen LogP contribution < -0.4 is 10.6 Å². The quantitative estimate of drug-likeness (QED) is 0.579. The van der Waals surface area contributed by atoms with Gasteiger partial charge in [0.15, 0.2) is 0 Å². The molecule has 2 bridgehead atoms. The van der Waals surface area contributed by atoms with Crippen molar-refractivity contribution in [2.75, 3.05) is 5.32 Å². The number of carbonyl (C=O) groups excluding carboxylic acids is 3. The maximum Gasteiger partial charge on any atom is 0.320 e. The molecule has 6 nitrogen and oxygen atoms in total. The molecule has 3 aliphatic carbocycles. The lowest BCUT2D eigenvalue weighted by Gasteiger charge is -2.38. The summed E-state index contributed by atoms with van der Waals surface area (Å²) < 4.78 is 0. The van der Waals surface area contributed by atoms with Gasteiger partial charge in [-0.1, -0.05) is 60.7 Å². The van der Waals surface area contributed by atoms with Crippen LogP contribution in [0.5, 0.6) is 0 Å². The van der Waals surface area contributed by atoms with Gasteiger partial charge in [-0.15, -0.1) is 0 Å². The number of benzene rings is 2. The molecule has 0 unspecified atom stereocenters. The van der Waals surface area contributed by atoms with E-state index >= 15 is 0 Å². The van der Waals surface area contributed by atoms with Crippen LogP contribution in [0.1, 0.15) is 18.4 Å². The lowest BCUT2D eigenvalue weighted by atomic mass is 9.63. The van der Waals surface area contributed by atoms with Crippen molar-refractivity contribution in [1.29, 1.82) is 0 Å². The number of urea groups is 1. The van der Waals surface area contributed by atoms with Crippen LogP contribution in [-0.4, -0.2) is 28.9 Å². The van der Waals surface area contributed by atoms with Crippen molar-refractivity contribution in [1.82, 2.24) is 10.2 Å². The Morgan fingerprint density at radius 1 is 0.871 bits per heavy atom. The van der Waals surface area contributed by atoms with Crippen LogP contribution in [0.4, 0.5) is 10.5 Å². The number of amides is 4. The molecule has 0 radical (unpaired) electrons. The van der Waals surface area contributed by atoms with E-state index in [-0.39, 0.29) is 35.5 Å². The minimum atomic E-state index is -0.740. The molecule has 1 heterocycles. The van der Waals surface area contributed by atoms with Crippen molar-refractivity contribution >= 4 is 23.5 Å². The summed E-state index contributed by atoms with van der Waals surface area (Å²) >= 11 is 0. The zero-order chi connectivity index (χ0) is 21.4. The Labute approximate surface area is 181 Å². The summed E-state index contributed by atoms with van der Waals surface area (Å²) in [7, 11) is 0. The van der Waals surface area contributed by atoms with E-state index in [2.05, 4.69) is 22.8 Å². The molecule has 1 aliphatic heterocycles. The SMILES string of the molecule is O=C(Nc1ccccc1)N[C@@H](Cc1ccccc1)N1C(=O)[C@@H]2[C@H](C1=O)[C@H]1C=C[C@H]2CC1. The molecule has 2 aromatic carbocycles. The number of likely N-dealkylation sites (tertiary alicyclic amines) is 1. The zero-order valence-corrected chi connectivity index (χ0v) is 17.1. The second-order valence-electron chi connectivity index (χ2n) is 8.56. The van der Waals surface area contributed by atoms with Gasteiger partial charge >= 0.3 is 6.03 Å². The monoisotopic (exact) mass is 415 g/mol. The fourth-order valence-corrected chi connectivity index (χ4v) is 5.29. The van der Waals surface area contributed by atoms with Crippen LogP contribution in [0.2, 0.25) is 0 Å². The first-order valence-corrected chi connectivity index (χ1v) is 10.8. The third-order valence-corrected chi connectivity index (χ3v) is 6.71. The summed E-state index contributed by atoms with van der Waals surface area (Å²) in [4.78, 5) is 40.9. The second kappa shape index (κ2) is 8.02. The summed E-state index contributed by atoms with van der Waals surface area (Å²) in [5.74, 6) is -0.675. The third kappa shape index (κ3) is 3.63. The van der Waals surface area contributed by atoms with Crippen LogP contribution in [0, 0.1) is 23.7 Å². The first-order valence-electron chi connectivity index (χ1n) is 10.8. The average molecular weight is 415 g/mol.